The Kier molecular flexibility index (Phi) is 6.59. The summed E-state index contributed by atoms with van der Waals surface area (Å²) in [6.07, 6.45) is 0.0428. The number of halogens is 2. The monoisotopic (exact) mass is 420 g/mol. The first-order valence-corrected chi connectivity index (χ1v) is 9.29. The second-order valence-corrected chi connectivity index (χ2v) is 7.33. The van der Waals surface area contributed by atoms with Crippen molar-refractivity contribution in [3.05, 3.63) is 46.1 Å². The molecule has 0 spiro atoms. The number of nitrogens with zero attached hydrogens (tertiary/aromatic N) is 1. The van der Waals surface area contributed by atoms with Crippen LogP contribution >= 0.6 is 23.2 Å². The molecule has 0 aliphatic carbocycles. The molecule has 2 rings (SSSR count). The summed E-state index contributed by atoms with van der Waals surface area (Å²) < 4.78 is 34.3. The molecule has 12 heteroatoms. The van der Waals surface area contributed by atoms with Gasteiger partial charge in [0.15, 0.2) is 5.84 Å². The Hall–Kier alpha value is -2.14. The van der Waals surface area contributed by atoms with E-state index in [9.17, 15) is 18.0 Å². The van der Waals surface area contributed by atoms with E-state index in [2.05, 4.69) is 24.5 Å². The van der Waals surface area contributed by atoms with Crippen LogP contribution in [0.1, 0.15) is 5.56 Å². The first-order valence-electron chi connectivity index (χ1n) is 7.09. The van der Waals surface area contributed by atoms with Crippen molar-refractivity contribution in [2.75, 3.05) is 7.11 Å². The summed E-state index contributed by atoms with van der Waals surface area (Å²) in [4.78, 5) is 23.3. The van der Waals surface area contributed by atoms with Crippen molar-refractivity contribution in [1.29, 1.82) is 0 Å². The molecule has 0 saturated carbocycles. The van der Waals surface area contributed by atoms with Crippen LogP contribution in [0, 0.1) is 0 Å². The Morgan fingerprint density at radius 1 is 1.27 bits per heavy atom. The number of esters is 1. The van der Waals surface area contributed by atoms with Gasteiger partial charge in [0.1, 0.15) is 16.2 Å². The second kappa shape index (κ2) is 8.49. The largest absolute Gasteiger partial charge is 0.468 e. The van der Waals surface area contributed by atoms with Gasteiger partial charge in [-0.15, -0.1) is 4.40 Å². The minimum Gasteiger partial charge on any atom is -0.468 e. The van der Waals surface area contributed by atoms with E-state index >= 15 is 0 Å². The summed E-state index contributed by atoms with van der Waals surface area (Å²) in [5.41, 5.74) is 0.514. The van der Waals surface area contributed by atoms with Crippen LogP contribution in [-0.4, -0.2) is 39.4 Å². The molecule has 140 valence electrons. The van der Waals surface area contributed by atoms with E-state index in [1.807, 2.05) is 0 Å². The van der Waals surface area contributed by atoms with Crippen molar-refractivity contribution >= 4 is 51.2 Å². The summed E-state index contributed by atoms with van der Waals surface area (Å²) in [7, 11) is -3.26. The predicted molar refractivity (Wildman–Crippen MR) is 95.8 cm³/mol. The third-order valence-electron chi connectivity index (χ3n) is 3.17. The van der Waals surface area contributed by atoms with E-state index in [0.717, 1.165) is 7.11 Å². The summed E-state index contributed by atoms with van der Waals surface area (Å²) in [5, 5.41) is 4.35. The van der Waals surface area contributed by atoms with Gasteiger partial charge in [-0.05, 0) is 12.0 Å². The summed E-state index contributed by atoms with van der Waals surface area (Å²) in [5.74, 6) is -1.19. The van der Waals surface area contributed by atoms with Gasteiger partial charge in [-0.1, -0.05) is 53.5 Å². The van der Waals surface area contributed by atoms with Crippen LogP contribution in [0.4, 0.5) is 4.79 Å². The Labute approximate surface area is 159 Å². The number of hydrogen-bond acceptors (Lipinski definition) is 5. The van der Waals surface area contributed by atoms with Crippen molar-refractivity contribution in [1.82, 2.24) is 15.4 Å². The molecule has 9 nitrogen and oxygen atoms in total. The zero-order valence-corrected chi connectivity index (χ0v) is 15.7. The molecule has 1 aromatic carbocycles. The highest BCUT2D eigenvalue weighted by Gasteiger charge is 2.29. The number of benzene rings is 1. The van der Waals surface area contributed by atoms with Crippen LogP contribution < -0.4 is 15.4 Å². The van der Waals surface area contributed by atoms with Crippen molar-refractivity contribution in [2.24, 2.45) is 4.40 Å². The van der Waals surface area contributed by atoms with E-state index in [4.69, 9.17) is 23.2 Å². The van der Waals surface area contributed by atoms with E-state index in [1.165, 1.54) is 0 Å². The fourth-order valence-electron chi connectivity index (χ4n) is 2.07. The third kappa shape index (κ3) is 5.43. The summed E-state index contributed by atoms with van der Waals surface area (Å²) in [6, 6.07) is 6.76. The van der Waals surface area contributed by atoms with Crippen LogP contribution in [0.15, 0.2) is 44.9 Å². The van der Waals surface area contributed by atoms with Crippen LogP contribution in [0.3, 0.4) is 0 Å². The Morgan fingerprint density at radius 2 is 1.92 bits per heavy atom. The van der Waals surface area contributed by atoms with Crippen molar-refractivity contribution in [3.8, 4) is 0 Å². The molecule has 1 saturated heterocycles. The van der Waals surface area contributed by atoms with Gasteiger partial charge in [0.05, 0.1) is 7.11 Å². The third-order valence-corrected chi connectivity index (χ3v) is 4.55. The maximum absolute atomic E-state index is 12.3. The molecule has 1 aromatic rings. The van der Waals surface area contributed by atoms with Gasteiger partial charge in [0.25, 0.3) is 0 Å². The number of carbonyl (C=O) groups excluding carboxylic acids is 2. The Morgan fingerprint density at radius 3 is 2.50 bits per heavy atom. The number of carbonyl (C=O) groups is 2. The SMILES string of the molecule is COC(=O)C(Cc1ccccc1)NS(=O)(=O)/N=C1\NC(=O)NC1=C(Cl)Cl. The molecule has 0 radical (unpaired) electrons. The van der Waals surface area contributed by atoms with Gasteiger partial charge in [-0.25, -0.2) is 4.79 Å². The summed E-state index contributed by atoms with van der Waals surface area (Å²) in [6.45, 7) is 0. The molecule has 2 amide bonds. The molecule has 0 aromatic heterocycles. The molecule has 1 aliphatic heterocycles. The minimum atomic E-state index is -4.40. The molecular formula is C14H14Cl2N4O5S. The van der Waals surface area contributed by atoms with Crippen LogP contribution in [-0.2, 0) is 26.2 Å². The standard InChI is InChI=1S/C14H14Cl2N4O5S/c1-25-13(21)9(7-8-5-3-2-4-6-8)19-26(23,24)20-12-10(11(15)16)17-14(22)18-12/h2-6,9,19H,7H2,1H3,(H2,17,18,20,22). The van der Waals surface area contributed by atoms with E-state index in [1.54, 1.807) is 30.3 Å². The van der Waals surface area contributed by atoms with Gasteiger partial charge in [0.2, 0.25) is 0 Å². The minimum absolute atomic E-state index is 0.0428. The Balaban J connectivity index is 2.26. The maximum Gasteiger partial charge on any atom is 0.325 e. The number of amides is 2. The number of urea groups is 1. The highest BCUT2D eigenvalue weighted by Crippen LogP contribution is 2.16. The lowest BCUT2D eigenvalue weighted by atomic mass is 10.1. The topological polar surface area (TPSA) is 126 Å². The number of rotatable bonds is 6. The molecular weight excluding hydrogens is 407 g/mol. The zero-order chi connectivity index (χ0) is 19.3. The summed E-state index contributed by atoms with van der Waals surface area (Å²) >= 11 is 11.2. The Bertz CT molecular complexity index is 867. The van der Waals surface area contributed by atoms with Gasteiger partial charge < -0.3 is 10.1 Å². The molecule has 1 atom stereocenters. The average molecular weight is 421 g/mol. The van der Waals surface area contributed by atoms with Crippen molar-refractivity contribution < 1.29 is 22.7 Å². The molecule has 26 heavy (non-hydrogen) atoms. The number of methoxy groups -OCH3 is 1. The number of nitrogens with one attached hydrogen (secondary N) is 3. The van der Waals surface area contributed by atoms with Gasteiger partial charge in [0, 0.05) is 0 Å². The van der Waals surface area contributed by atoms with E-state index < -0.39 is 34.1 Å². The lowest BCUT2D eigenvalue weighted by Gasteiger charge is -2.15. The van der Waals surface area contributed by atoms with Gasteiger partial charge in [-0.2, -0.15) is 13.1 Å². The molecule has 1 aliphatic rings. The second-order valence-electron chi connectivity index (χ2n) is 5.01. The predicted octanol–water partition coefficient (Wildman–Crippen LogP) is 0.963. The number of hydrogen-bond donors (Lipinski definition) is 3. The first kappa shape index (κ1) is 20.2. The molecule has 3 N–H and O–H groups in total. The van der Waals surface area contributed by atoms with Crippen LogP contribution in [0.2, 0.25) is 0 Å². The van der Waals surface area contributed by atoms with Crippen LogP contribution in [0.5, 0.6) is 0 Å². The number of ether oxygens (including phenoxy) is 1. The normalized spacial score (nSPS) is 16.8. The highest BCUT2D eigenvalue weighted by atomic mass is 35.5. The van der Waals surface area contributed by atoms with Crippen LogP contribution in [0.25, 0.3) is 0 Å². The zero-order valence-electron chi connectivity index (χ0n) is 13.3. The lowest BCUT2D eigenvalue weighted by Crippen LogP contribution is -2.42. The van der Waals surface area contributed by atoms with Gasteiger partial charge in [-0.3, -0.25) is 10.1 Å². The molecule has 1 heterocycles. The van der Waals surface area contributed by atoms with Crippen molar-refractivity contribution in [2.45, 2.75) is 12.5 Å². The fraction of sp³-hybridized carbons (Fsp3) is 0.214. The first-order chi connectivity index (χ1) is 12.2. The van der Waals surface area contributed by atoms with E-state index in [0.29, 0.717) is 5.56 Å². The smallest absolute Gasteiger partial charge is 0.325 e. The molecule has 1 unspecified atom stereocenters. The van der Waals surface area contributed by atoms with E-state index in [-0.39, 0.29) is 16.6 Å². The average Bonchev–Trinajstić information content (AvgIpc) is 2.94. The maximum atomic E-state index is 12.3. The lowest BCUT2D eigenvalue weighted by molar-refractivity contribution is -0.142. The van der Waals surface area contributed by atoms with Gasteiger partial charge >= 0.3 is 22.2 Å². The van der Waals surface area contributed by atoms with Crippen molar-refractivity contribution in [3.63, 3.8) is 0 Å². The highest BCUT2D eigenvalue weighted by molar-refractivity contribution is 7.88. The molecule has 0 bridgehead atoms. The quantitative estimate of drug-likeness (QED) is 0.590. The number of amidine groups is 1. The fourth-order valence-corrected chi connectivity index (χ4v) is 3.31. The molecule has 1 fully saturated rings.